The average Bonchev–Trinajstić information content (AvgIpc) is 2.00. The number of allylic oxidation sites excluding steroid dienone is 1. The number of ketones is 1. The highest BCUT2D eigenvalue weighted by Crippen LogP contribution is 2.07. The maximum atomic E-state index is 11.3. The minimum Gasteiger partial charge on any atom is -0.510 e. The lowest BCUT2D eigenvalue weighted by Crippen LogP contribution is -2.39. The van der Waals surface area contributed by atoms with Gasteiger partial charge in [-0.25, -0.2) is 4.79 Å². The smallest absolute Gasteiger partial charge is 0.415 e. The van der Waals surface area contributed by atoms with Crippen molar-refractivity contribution in [1.29, 1.82) is 0 Å². The monoisotopic (exact) mass is 197 g/mol. The summed E-state index contributed by atoms with van der Waals surface area (Å²) in [5.41, 5.74) is 0. The number of aliphatic hydroxyl groups excluding tert-OH is 1. The standard InChI is InChI=1S/C9H11NO4/c1-6(2)14-9(13)10-4-7(11)3-8(12)5-10/h3,11H,1,4-5H2,2H3. The topological polar surface area (TPSA) is 66.8 Å². The molecule has 1 aliphatic rings. The maximum Gasteiger partial charge on any atom is 0.415 e. The van der Waals surface area contributed by atoms with E-state index < -0.39 is 6.09 Å². The summed E-state index contributed by atoms with van der Waals surface area (Å²) in [5, 5.41) is 9.10. The summed E-state index contributed by atoms with van der Waals surface area (Å²) in [6.45, 7) is 4.85. The van der Waals surface area contributed by atoms with Gasteiger partial charge in [0.1, 0.15) is 5.76 Å². The van der Waals surface area contributed by atoms with Gasteiger partial charge in [-0.2, -0.15) is 0 Å². The summed E-state index contributed by atoms with van der Waals surface area (Å²) in [6.07, 6.45) is 0.426. The van der Waals surface area contributed by atoms with E-state index in [2.05, 4.69) is 11.3 Å². The zero-order valence-electron chi connectivity index (χ0n) is 7.82. The first-order valence-corrected chi connectivity index (χ1v) is 4.03. The number of carbonyl (C=O) groups is 2. The van der Waals surface area contributed by atoms with Gasteiger partial charge in [-0.15, -0.1) is 0 Å². The molecular weight excluding hydrogens is 186 g/mol. The highest BCUT2D eigenvalue weighted by atomic mass is 16.6. The quantitative estimate of drug-likeness (QED) is 0.636. The van der Waals surface area contributed by atoms with E-state index >= 15 is 0 Å². The minimum absolute atomic E-state index is 0.00213. The molecule has 5 nitrogen and oxygen atoms in total. The van der Waals surface area contributed by atoms with Crippen molar-refractivity contribution in [2.45, 2.75) is 6.92 Å². The fourth-order valence-electron chi connectivity index (χ4n) is 1.06. The second-order valence-corrected chi connectivity index (χ2v) is 3.03. The van der Waals surface area contributed by atoms with Gasteiger partial charge in [0.2, 0.25) is 0 Å². The molecule has 1 aliphatic heterocycles. The number of nitrogens with zero attached hydrogens (tertiary/aromatic N) is 1. The lowest BCUT2D eigenvalue weighted by Gasteiger charge is -2.23. The van der Waals surface area contributed by atoms with E-state index in [0.717, 1.165) is 11.0 Å². The molecule has 0 aromatic heterocycles. The van der Waals surface area contributed by atoms with Crippen molar-refractivity contribution in [3.8, 4) is 0 Å². The van der Waals surface area contributed by atoms with E-state index in [1.165, 1.54) is 6.92 Å². The Bertz CT molecular complexity index is 319. The van der Waals surface area contributed by atoms with E-state index in [-0.39, 0.29) is 30.4 Å². The van der Waals surface area contributed by atoms with Crippen molar-refractivity contribution in [3.05, 3.63) is 24.2 Å². The van der Waals surface area contributed by atoms with Crippen LogP contribution in [0.15, 0.2) is 24.2 Å². The molecule has 0 saturated heterocycles. The number of hydrogen-bond donors (Lipinski definition) is 1. The lowest BCUT2D eigenvalue weighted by molar-refractivity contribution is -0.116. The molecule has 0 aromatic carbocycles. The number of ether oxygens (including phenoxy) is 1. The number of aliphatic hydroxyl groups is 1. The van der Waals surface area contributed by atoms with E-state index in [1.807, 2.05) is 0 Å². The summed E-state index contributed by atoms with van der Waals surface area (Å²) < 4.78 is 4.69. The van der Waals surface area contributed by atoms with E-state index in [9.17, 15) is 9.59 Å². The van der Waals surface area contributed by atoms with Crippen molar-refractivity contribution < 1.29 is 19.4 Å². The van der Waals surface area contributed by atoms with E-state index in [0.29, 0.717) is 0 Å². The molecule has 1 heterocycles. The van der Waals surface area contributed by atoms with Gasteiger partial charge in [0.15, 0.2) is 5.78 Å². The molecule has 0 aliphatic carbocycles. The van der Waals surface area contributed by atoms with Gasteiger partial charge in [-0.3, -0.25) is 9.69 Å². The molecule has 0 aromatic rings. The fourth-order valence-corrected chi connectivity index (χ4v) is 1.06. The second kappa shape index (κ2) is 3.95. The SMILES string of the molecule is C=C(C)OC(=O)N1CC(=O)C=C(O)C1. The van der Waals surface area contributed by atoms with Crippen LogP contribution in [0.4, 0.5) is 4.79 Å². The largest absolute Gasteiger partial charge is 0.510 e. The maximum absolute atomic E-state index is 11.3. The van der Waals surface area contributed by atoms with Gasteiger partial charge in [0, 0.05) is 6.08 Å². The summed E-state index contributed by atoms with van der Waals surface area (Å²) in [7, 11) is 0. The van der Waals surface area contributed by atoms with E-state index in [4.69, 9.17) is 5.11 Å². The molecule has 1 amide bonds. The third-order valence-corrected chi connectivity index (χ3v) is 1.55. The summed E-state index contributed by atoms with van der Waals surface area (Å²) >= 11 is 0. The molecule has 0 saturated carbocycles. The van der Waals surface area contributed by atoms with Crippen molar-refractivity contribution >= 4 is 11.9 Å². The van der Waals surface area contributed by atoms with Crippen molar-refractivity contribution in [3.63, 3.8) is 0 Å². The number of carbonyl (C=O) groups excluding carboxylic acids is 2. The second-order valence-electron chi connectivity index (χ2n) is 3.03. The van der Waals surface area contributed by atoms with Gasteiger partial charge >= 0.3 is 6.09 Å². The van der Waals surface area contributed by atoms with E-state index in [1.54, 1.807) is 0 Å². The van der Waals surface area contributed by atoms with Gasteiger partial charge in [0.25, 0.3) is 0 Å². The molecular formula is C9H11NO4. The number of hydrogen-bond acceptors (Lipinski definition) is 4. The Kier molecular flexibility index (Phi) is 2.91. The third-order valence-electron chi connectivity index (χ3n) is 1.55. The Labute approximate surface area is 81.3 Å². The molecule has 0 unspecified atom stereocenters. The van der Waals surface area contributed by atoms with Crippen LogP contribution in [0.3, 0.4) is 0 Å². The van der Waals surface area contributed by atoms with Crippen LogP contribution < -0.4 is 0 Å². The van der Waals surface area contributed by atoms with Crippen LogP contribution in [-0.4, -0.2) is 35.0 Å². The first kappa shape index (κ1) is 10.3. The number of rotatable bonds is 1. The van der Waals surface area contributed by atoms with Crippen molar-refractivity contribution in [2.75, 3.05) is 13.1 Å². The Morgan fingerprint density at radius 1 is 1.64 bits per heavy atom. The first-order chi connectivity index (χ1) is 6.49. The highest BCUT2D eigenvalue weighted by Gasteiger charge is 2.23. The lowest BCUT2D eigenvalue weighted by atomic mass is 10.2. The number of amides is 1. The molecule has 14 heavy (non-hydrogen) atoms. The molecule has 5 heteroatoms. The predicted molar refractivity (Wildman–Crippen MR) is 48.6 cm³/mol. The zero-order valence-corrected chi connectivity index (χ0v) is 7.82. The summed E-state index contributed by atoms with van der Waals surface area (Å²) in [5.74, 6) is -0.219. The Hall–Kier alpha value is -1.78. The van der Waals surface area contributed by atoms with Gasteiger partial charge < -0.3 is 9.84 Å². The molecule has 0 fully saturated rings. The van der Waals surface area contributed by atoms with Crippen LogP contribution in [0, 0.1) is 0 Å². The first-order valence-electron chi connectivity index (χ1n) is 4.03. The van der Waals surface area contributed by atoms with Crippen molar-refractivity contribution in [1.82, 2.24) is 4.90 Å². The molecule has 76 valence electrons. The van der Waals surface area contributed by atoms with Crippen LogP contribution >= 0.6 is 0 Å². The summed E-state index contributed by atoms with van der Waals surface area (Å²) in [6, 6.07) is 0. The van der Waals surface area contributed by atoms with Gasteiger partial charge in [0.05, 0.1) is 18.8 Å². The predicted octanol–water partition coefficient (Wildman–Crippen LogP) is 0.983. The molecule has 0 atom stereocenters. The molecule has 1 rings (SSSR count). The Morgan fingerprint density at radius 3 is 2.79 bits per heavy atom. The molecule has 0 bridgehead atoms. The van der Waals surface area contributed by atoms with Gasteiger partial charge in [-0.1, -0.05) is 6.58 Å². The average molecular weight is 197 g/mol. The van der Waals surface area contributed by atoms with Crippen LogP contribution in [0.25, 0.3) is 0 Å². The zero-order chi connectivity index (χ0) is 10.7. The Balaban J connectivity index is 2.63. The molecule has 0 radical (unpaired) electrons. The van der Waals surface area contributed by atoms with Crippen molar-refractivity contribution in [2.24, 2.45) is 0 Å². The minimum atomic E-state index is -0.675. The van der Waals surface area contributed by atoms with Crippen LogP contribution in [0.5, 0.6) is 0 Å². The van der Waals surface area contributed by atoms with Gasteiger partial charge in [-0.05, 0) is 6.92 Å². The van der Waals surface area contributed by atoms with Crippen LogP contribution in [-0.2, 0) is 9.53 Å². The van der Waals surface area contributed by atoms with Crippen LogP contribution in [0.1, 0.15) is 6.92 Å². The summed E-state index contributed by atoms with van der Waals surface area (Å²) in [4.78, 5) is 23.3. The fraction of sp³-hybridized carbons (Fsp3) is 0.333. The Morgan fingerprint density at radius 2 is 2.29 bits per heavy atom. The molecule has 0 spiro atoms. The van der Waals surface area contributed by atoms with Crippen LogP contribution in [0.2, 0.25) is 0 Å². The highest BCUT2D eigenvalue weighted by molar-refractivity contribution is 5.94. The molecule has 1 N–H and O–H groups in total. The normalized spacial score (nSPS) is 16.2. The third kappa shape index (κ3) is 2.62.